The minimum absolute atomic E-state index is 0.205. The van der Waals surface area contributed by atoms with Crippen molar-refractivity contribution in [3.8, 4) is 0 Å². The van der Waals surface area contributed by atoms with Crippen molar-refractivity contribution in [1.29, 1.82) is 0 Å². The van der Waals surface area contributed by atoms with Crippen LogP contribution in [0.1, 0.15) is 6.92 Å². The fourth-order valence-corrected chi connectivity index (χ4v) is 0.245. The molecule has 68 valence electrons. The van der Waals surface area contributed by atoms with Crippen molar-refractivity contribution in [2.75, 3.05) is 20.3 Å². The van der Waals surface area contributed by atoms with Gasteiger partial charge in [-0.2, -0.15) is 0 Å². The van der Waals surface area contributed by atoms with Crippen LogP contribution in [0.15, 0.2) is 0 Å². The van der Waals surface area contributed by atoms with Gasteiger partial charge in [-0.3, -0.25) is 4.79 Å². The second-order valence-corrected chi connectivity index (χ2v) is 1.81. The maximum atomic E-state index is 9.00. The second-order valence-electron chi connectivity index (χ2n) is 1.81. The third-order valence-corrected chi connectivity index (χ3v) is 0.570. The van der Waals surface area contributed by atoms with E-state index in [0.717, 1.165) is 6.92 Å². The SMILES string of the molecule is CC(=O)O.COCC(O)CO. The summed E-state index contributed by atoms with van der Waals surface area (Å²) in [5.74, 6) is -0.833. The molecule has 0 saturated carbocycles. The van der Waals surface area contributed by atoms with Crippen LogP contribution in [0.3, 0.4) is 0 Å². The summed E-state index contributed by atoms with van der Waals surface area (Å²) in [4.78, 5) is 9.00. The minimum atomic E-state index is -0.833. The van der Waals surface area contributed by atoms with E-state index >= 15 is 0 Å². The molecule has 0 aromatic carbocycles. The Labute approximate surface area is 65.2 Å². The third kappa shape index (κ3) is 26.7. The Hall–Kier alpha value is -0.650. The summed E-state index contributed by atoms with van der Waals surface area (Å²) in [6, 6.07) is 0. The van der Waals surface area contributed by atoms with Gasteiger partial charge in [0.2, 0.25) is 0 Å². The van der Waals surface area contributed by atoms with Gasteiger partial charge < -0.3 is 20.1 Å². The number of hydrogen-bond donors (Lipinski definition) is 3. The molecule has 0 radical (unpaired) electrons. The van der Waals surface area contributed by atoms with Gasteiger partial charge in [0, 0.05) is 14.0 Å². The zero-order valence-corrected chi connectivity index (χ0v) is 6.65. The Balaban J connectivity index is 0. The van der Waals surface area contributed by atoms with Crippen molar-refractivity contribution >= 4 is 5.97 Å². The molecule has 0 heterocycles. The normalized spacial score (nSPS) is 11.3. The molecule has 0 fully saturated rings. The number of methoxy groups -OCH3 is 1. The maximum Gasteiger partial charge on any atom is 0.300 e. The standard InChI is InChI=1S/C4H10O3.C2H4O2/c1-7-3-4(6)2-5;1-2(3)4/h4-6H,2-3H2,1H3;1H3,(H,3,4). The molecule has 5 nitrogen and oxygen atoms in total. The van der Waals surface area contributed by atoms with Gasteiger partial charge in [-0.1, -0.05) is 0 Å². The van der Waals surface area contributed by atoms with Gasteiger partial charge in [-0.25, -0.2) is 0 Å². The predicted molar refractivity (Wildman–Crippen MR) is 38.3 cm³/mol. The summed E-state index contributed by atoms with van der Waals surface area (Å²) in [6.07, 6.45) is -0.718. The number of aliphatic hydroxyl groups excluding tert-OH is 2. The van der Waals surface area contributed by atoms with E-state index in [1.54, 1.807) is 0 Å². The summed E-state index contributed by atoms with van der Waals surface area (Å²) in [5, 5.41) is 24.0. The number of carboxylic acid groups (broad SMARTS) is 1. The summed E-state index contributed by atoms with van der Waals surface area (Å²) >= 11 is 0. The maximum absolute atomic E-state index is 9.00. The summed E-state index contributed by atoms with van der Waals surface area (Å²) in [7, 11) is 1.47. The van der Waals surface area contributed by atoms with Crippen molar-refractivity contribution in [3.05, 3.63) is 0 Å². The van der Waals surface area contributed by atoms with E-state index in [9.17, 15) is 0 Å². The highest BCUT2D eigenvalue weighted by atomic mass is 16.5. The Morgan fingerprint density at radius 1 is 1.64 bits per heavy atom. The third-order valence-electron chi connectivity index (χ3n) is 0.570. The van der Waals surface area contributed by atoms with Crippen molar-refractivity contribution in [3.63, 3.8) is 0 Å². The van der Waals surface area contributed by atoms with Gasteiger partial charge in [0.25, 0.3) is 5.97 Å². The lowest BCUT2D eigenvalue weighted by Gasteiger charge is -2.01. The van der Waals surface area contributed by atoms with E-state index in [-0.39, 0.29) is 13.2 Å². The van der Waals surface area contributed by atoms with Crippen molar-refractivity contribution in [1.82, 2.24) is 0 Å². The molecule has 0 aliphatic carbocycles. The highest BCUT2D eigenvalue weighted by Crippen LogP contribution is 1.77. The lowest BCUT2D eigenvalue weighted by Crippen LogP contribution is -2.17. The molecule has 0 rings (SSSR count). The highest BCUT2D eigenvalue weighted by molar-refractivity contribution is 5.62. The number of carbonyl (C=O) groups is 1. The number of rotatable bonds is 3. The van der Waals surface area contributed by atoms with Crippen molar-refractivity contribution in [2.45, 2.75) is 13.0 Å². The molecular weight excluding hydrogens is 152 g/mol. The minimum Gasteiger partial charge on any atom is -0.481 e. The summed E-state index contributed by atoms with van der Waals surface area (Å²) < 4.78 is 4.48. The Morgan fingerprint density at radius 2 is 2.00 bits per heavy atom. The van der Waals surface area contributed by atoms with Crippen molar-refractivity contribution < 1.29 is 24.9 Å². The van der Waals surface area contributed by atoms with E-state index in [1.165, 1.54) is 7.11 Å². The van der Waals surface area contributed by atoms with E-state index in [1.807, 2.05) is 0 Å². The van der Waals surface area contributed by atoms with Gasteiger partial charge >= 0.3 is 0 Å². The van der Waals surface area contributed by atoms with Crippen LogP contribution in [0.5, 0.6) is 0 Å². The first kappa shape index (κ1) is 13.0. The summed E-state index contributed by atoms with van der Waals surface area (Å²) in [5.41, 5.74) is 0. The zero-order chi connectivity index (χ0) is 9.28. The lowest BCUT2D eigenvalue weighted by atomic mass is 10.4. The predicted octanol–water partition coefficient (Wildman–Crippen LogP) is -0.923. The number of aliphatic carboxylic acids is 1. The Morgan fingerprint density at radius 3 is 2.09 bits per heavy atom. The van der Waals surface area contributed by atoms with E-state index in [2.05, 4.69) is 4.74 Å². The van der Waals surface area contributed by atoms with Gasteiger partial charge in [-0.05, 0) is 0 Å². The molecule has 11 heavy (non-hydrogen) atoms. The van der Waals surface area contributed by atoms with Gasteiger partial charge in [-0.15, -0.1) is 0 Å². The van der Waals surface area contributed by atoms with Crippen LogP contribution in [-0.4, -0.2) is 47.7 Å². The number of hydrogen-bond acceptors (Lipinski definition) is 4. The molecule has 0 amide bonds. The van der Waals surface area contributed by atoms with Crippen LogP contribution in [-0.2, 0) is 9.53 Å². The molecule has 0 spiro atoms. The molecule has 0 saturated heterocycles. The van der Waals surface area contributed by atoms with Crippen LogP contribution in [0, 0.1) is 0 Å². The molecular formula is C6H14O5. The topological polar surface area (TPSA) is 87.0 Å². The monoisotopic (exact) mass is 166 g/mol. The number of aliphatic hydroxyl groups is 2. The quantitative estimate of drug-likeness (QED) is 0.504. The average Bonchev–Trinajstić information content (AvgIpc) is 1.87. The van der Waals surface area contributed by atoms with E-state index < -0.39 is 12.1 Å². The summed E-state index contributed by atoms with van der Waals surface area (Å²) in [6.45, 7) is 1.06. The molecule has 1 atom stereocenters. The molecule has 0 bridgehead atoms. The van der Waals surface area contributed by atoms with Gasteiger partial charge in [0.15, 0.2) is 0 Å². The number of ether oxygens (including phenoxy) is 1. The zero-order valence-electron chi connectivity index (χ0n) is 6.65. The Bertz CT molecular complexity index is 89.0. The van der Waals surface area contributed by atoms with Crippen LogP contribution < -0.4 is 0 Å². The number of carboxylic acids is 1. The van der Waals surface area contributed by atoms with Gasteiger partial charge in [0.05, 0.1) is 13.2 Å². The molecule has 5 heteroatoms. The van der Waals surface area contributed by atoms with Crippen LogP contribution >= 0.6 is 0 Å². The van der Waals surface area contributed by atoms with Crippen LogP contribution in [0.25, 0.3) is 0 Å². The molecule has 0 aromatic rings. The smallest absolute Gasteiger partial charge is 0.300 e. The first-order chi connectivity index (χ1) is 5.04. The van der Waals surface area contributed by atoms with Crippen molar-refractivity contribution in [2.24, 2.45) is 0 Å². The fourth-order valence-electron chi connectivity index (χ4n) is 0.245. The van der Waals surface area contributed by atoms with E-state index in [4.69, 9.17) is 20.1 Å². The molecule has 3 N–H and O–H groups in total. The molecule has 1 unspecified atom stereocenters. The Kier molecular flexibility index (Phi) is 11.0. The first-order valence-electron chi connectivity index (χ1n) is 3.02. The average molecular weight is 166 g/mol. The largest absolute Gasteiger partial charge is 0.481 e. The highest BCUT2D eigenvalue weighted by Gasteiger charge is 1.96. The molecule has 0 aromatic heterocycles. The van der Waals surface area contributed by atoms with Crippen LogP contribution in [0.2, 0.25) is 0 Å². The first-order valence-corrected chi connectivity index (χ1v) is 3.02. The second kappa shape index (κ2) is 9.35. The fraction of sp³-hybridized carbons (Fsp3) is 0.833. The molecule has 0 aliphatic rings. The molecule has 0 aliphatic heterocycles. The van der Waals surface area contributed by atoms with Gasteiger partial charge in [0.1, 0.15) is 6.10 Å². The van der Waals surface area contributed by atoms with E-state index in [0.29, 0.717) is 0 Å². The lowest BCUT2D eigenvalue weighted by molar-refractivity contribution is -0.134. The van der Waals surface area contributed by atoms with Crippen LogP contribution in [0.4, 0.5) is 0 Å².